The summed E-state index contributed by atoms with van der Waals surface area (Å²) in [5, 5.41) is 6.09. The van der Waals surface area contributed by atoms with Gasteiger partial charge in [-0.05, 0) is 44.0 Å². The topological polar surface area (TPSA) is 41.1 Å². The number of aryl methyl sites for hydroxylation is 1. The Kier molecular flexibility index (Phi) is 5.01. The fraction of sp³-hybridized carbons (Fsp3) is 0.500. The number of nitrogens with one attached hydrogen (secondary N) is 2. The van der Waals surface area contributed by atoms with Crippen molar-refractivity contribution in [1.82, 2.24) is 5.32 Å². The summed E-state index contributed by atoms with van der Waals surface area (Å²) in [6.07, 6.45) is 2.10. The van der Waals surface area contributed by atoms with Crippen LogP contribution in [0.5, 0.6) is 0 Å². The van der Waals surface area contributed by atoms with E-state index in [0.717, 1.165) is 29.7 Å². The highest BCUT2D eigenvalue weighted by atomic mass is 16.1. The molecule has 1 unspecified atom stereocenters. The number of anilines is 1. The maximum Gasteiger partial charge on any atom is 0.251 e. The Balaban J connectivity index is 2.72. The van der Waals surface area contributed by atoms with Crippen molar-refractivity contribution in [3.8, 4) is 0 Å². The third-order valence-corrected chi connectivity index (χ3v) is 2.86. The minimum Gasteiger partial charge on any atom is -0.388 e. The molecular weight excluding hydrogens is 212 g/mol. The Hall–Kier alpha value is -1.51. The predicted molar refractivity (Wildman–Crippen MR) is 72.6 cm³/mol. The van der Waals surface area contributed by atoms with Gasteiger partial charge in [0.2, 0.25) is 0 Å². The molecule has 0 heterocycles. The minimum absolute atomic E-state index is 0.0108. The molecule has 1 rings (SSSR count). The lowest BCUT2D eigenvalue weighted by molar-refractivity contribution is 0.0938. The van der Waals surface area contributed by atoms with E-state index in [0.29, 0.717) is 0 Å². The van der Waals surface area contributed by atoms with E-state index in [4.69, 9.17) is 0 Å². The summed E-state index contributed by atoms with van der Waals surface area (Å²) in [5.41, 5.74) is 2.87. The first-order valence-corrected chi connectivity index (χ1v) is 6.17. The molecule has 1 aromatic carbocycles. The van der Waals surface area contributed by atoms with E-state index in [1.54, 1.807) is 0 Å². The van der Waals surface area contributed by atoms with E-state index < -0.39 is 0 Å². The number of hydrogen-bond acceptors (Lipinski definition) is 2. The highest BCUT2D eigenvalue weighted by Gasteiger charge is 2.09. The number of carbonyl (C=O) groups excluding carboxylic acids is 1. The van der Waals surface area contributed by atoms with Crippen LogP contribution in [0.15, 0.2) is 18.2 Å². The van der Waals surface area contributed by atoms with Crippen molar-refractivity contribution in [3.63, 3.8) is 0 Å². The Morgan fingerprint density at radius 1 is 1.41 bits per heavy atom. The Morgan fingerprint density at radius 2 is 2.12 bits per heavy atom. The van der Waals surface area contributed by atoms with Gasteiger partial charge in [-0.1, -0.05) is 13.3 Å². The van der Waals surface area contributed by atoms with Crippen molar-refractivity contribution in [1.29, 1.82) is 0 Å². The smallest absolute Gasteiger partial charge is 0.251 e. The molecule has 1 atom stereocenters. The Bertz CT molecular complexity index is 388. The van der Waals surface area contributed by atoms with E-state index in [-0.39, 0.29) is 11.9 Å². The highest BCUT2D eigenvalue weighted by Crippen LogP contribution is 2.15. The summed E-state index contributed by atoms with van der Waals surface area (Å²) in [6, 6.07) is 5.94. The molecule has 17 heavy (non-hydrogen) atoms. The molecule has 1 amide bonds. The van der Waals surface area contributed by atoms with E-state index in [2.05, 4.69) is 17.6 Å². The van der Waals surface area contributed by atoms with Crippen molar-refractivity contribution in [2.75, 3.05) is 12.4 Å². The molecule has 2 N–H and O–H groups in total. The first-order chi connectivity index (χ1) is 8.08. The summed E-state index contributed by atoms with van der Waals surface area (Å²) in [7, 11) is 1.88. The van der Waals surface area contributed by atoms with Gasteiger partial charge < -0.3 is 10.6 Å². The lowest BCUT2D eigenvalue weighted by Crippen LogP contribution is -2.32. The molecule has 0 radical (unpaired) electrons. The summed E-state index contributed by atoms with van der Waals surface area (Å²) >= 11 is 0. The molecule has 1 aromatic rings. The van der Waals surface area contributed by atoms with Crippen molar-refractivity contribution >= 4 is 11.6 Å². The van der Waals surface area contributed by atoms with Crippen LogP contribution >= 0.6 is 0 Å². The summed E-state index contributed by atoms with van der Waals surface area (Å²) in [6.45, 7) is 6.16. The van der Waals surface area contributed by atoms with Crippen LogP contribution in [0.25, 0.3) is 0 Å². The van der Waals surface area contributed by atoms with Gasteiger partial charge in [0.15, 0.2) is 0 Å². The van der Waals surface area contributed by atoms with E-state index in [1.807, 2.05) is 39.1 Å². The molecule has 0 fully saturated rings. The monoisotopic (exact) mass is 234 g/mol. The van der Waals surface area contributed by atoms with E-state index in [9.17, 15) is 4.79 Å². The largest absolute Gasteiger partial charge is 0.388 e. The lowest BCUT2D eigenvalue weighted by atomic mass is 10.1. The normalized spacial score (nSPS) is 12.0. The summed E-state index contributed by atoms with van der Waals surface area (Å²) in [4.78, 5) is 12.0. The number of carbonyl (C=O) groups is 1. The first-order valence-electron chi connectivity index (χ1n) is 6.17. The number of rotatable bonds is 5. The van der Waals surface area contributed by atoms with Gasteiger partial charge in [0, 0.05) is 24.3 Å². The van der Waals surface area contributed by atoms with Crippen LogP contribution in [0.2, 0.25) is 0 Å². The van der Waals surface area contributed by atoms with Crippen LogP contribution < -0.4 is 10.6 Å². The van der Waals surface area contributed by atoms with Gasteiger partial charge in [-0.15, -0.1) is 0 Å². The average molecular weight is 234 g/mol. The molecule has 3 nitrogen and oxygen atoms in total. The van der Waals surface area contributed by atoms with Crippen LogP contribution in [0.1, 0.15) is 42.6 Å². The van der Waals surface area contributed by atoms with Gasteiger partial charge in [-0.3, -0.25) is 4.79 Å². The molecule has 0 saturated carbocycles. The standard InChI is InChI=1S/C14H22N2O/c1-5-6-11(3)16-14(17)12-7-8-13(15-4)10(2)9-12/h7-9,11,15H,5-6H2,1-4H3,(H,16,17). The average Bonchev–Trinajstić information content (AvgIpc) is 2.29. The van der Waals surface area contributed by atoms with Crippen molar-refractivity contribution < 1.29 is 4.79 Å². The number of hydrogen-bond donors (Lipinski definition) is 2. The molecule has 94 valence electrons. The van der Waals surface area contributed by atoms with Gasteiger partial charge >= 0.3 is 0 Å². The van der Waals surface area contributed by atoms with Crippen LogP contribution in [0.3, 0.4) is 0 Å². The van der Waals surface area contributed by atoms with Crippen molar-refractivity contribution in [3.05, 3.63) is 29.3 Å². The van der Waals surface area contributed by atoms with Crippen LogP contribution in [-0.2, 0) is 0 Å². The SMILES string of the molecule is CCCC(C)NC(=O)c1ccc(NC)c(C)c1. The maximum absolute atomic E-state index is 12.0. The van der Waals surface area contributed by atoms with Gasteiger partial charge in [-0.25, -0.2) is 0 Å². The van der Waals surface area contributed by atoms with Gasteiger partial charge in [-0.2, -0.15) is 0 Å². The molecule has 0 aliphatic rings. The van der Waals surface area contributed by atoms with E-state index >= 15 is 0 Å². The zero-order chi connectivity index (χ0) is 12.8. The first kappa shape index (κ1) is 13.6. The second-order valence-electron chi connectivity index (χ2n) is 4.44. The fourth-order valence-electron chi connectivity index (χ4n) is 1.90. The molecule has 0 spiro atoms. The summed E-state index contributed by atoms with van der Waals surface area (Å²) in [5.74, 6) is 0.0108. The van der Waals surface area contributed by atoms with Crippen LogP contribution in [0.4, 0.5) is 5.69 Å². The molecule has 0 aromatic heterocycles. The molecule has 3 heteroatoms. The van der Waals surface area contributed by atoms with Crippen molar-refractivity contribution in [2.45, 2.75) is 39.7 Å². The maximum atomic E-state index is 12.0. The molecule has 0 saturated heterocycles. The fourth-order valence-corrected chi connectivity index (χ4v) is 1.90. The van der Waals surface area contributed by atoms with E-state index in [1.165, 1.54) is 0 Å². The second kappa shape index (κ2) is 6.28. The molecule has 0 aliphatic carbocycles. The van der Waals surface area contributed by atoms with Crippen LogP contribution in [0, 0.1) is 6.92 Å². The zero-order valence-corrected chi connectivity index (χ0v) is 11.1. The van der Waals surface area contributed by atoms with Crippen molar-refractivity contribution in [2.24, 2.45) is 0 Å². The van der Waals surface area contributed by atoms with Gasteiger partial charge in [0.1, 0.15) is 0 Å². The third kappa shape index (κ3) is 3.77. The molecular formula is C14H22N2O. The quantitative estimate of drug-likeness (QED) is 0.822. The number of amides is 1. The predicted octanol–water partition coefficient (Wildman–Crippen LogP) is 2.96. The Morgan fingerprint density at radius 3 is 2.65 bits per heavy atom. The van der Waals surface area contributed by atoms with Gasteiger partial charge in [0.25, 0.3) is 5.91 Å². The third-order valence-electron chi connectivity index (χ3n) is 2.86. The lowest BCUT2D eigenvalue weighted by Gasteiger charge is -2.13. The summed E-state index contributed by atoms with van der Waals surface area (Å²) < 4.78 is 0. The van der Waals surface area contributed by atoms with Crippen LogP contribution in [-0.4, -0.2) is 19.0 Å². The Labute approximate surface area is 104 Å². The minimum atomic E-state index is 0.0108. The zero-order valence-electron chi connectivity index (χ0n) is 11.1. The van der Waals surface area contributed by atoms with Gasteiger partial charge in [0.05, 0.1) is 0 Å². The molecule has 0 aliphatic heterocycles. The molecule has 0 bridgehead atoms. The number of benzene rings is 1. The highest BCUT2D eigenvalue weighted by molar-refractivity contribution is 5.95. The second-order valence-corrected chi connectivity index (χ2v) is 4.44.